The molecule has 0 aliphatic carbocycles. The second-order valence-electron chi connectivity index (χ2n) is 4.88. The zero-order valence-electron chi connectivity index (χ0n) is 11.7. The van der Waals surface area contributed by atoms with Crippen LogP contribution in [0.5, 0.6) is 0 Å². The van der Waals surface area contributed by atoms with Crippen LogP contribution in [0.25, 0.3) is 0 Å². The Balaban J connectivity index is 1.86. The molecule has 1 aromatic rings. The number of hydrogen-bond acceptors (Lipinski definition) is 4. The van der Waals surface area contributed by atoms with Gasteiger partial charge in [0.15, 0.2) is 0 Å². The average Bonchev–Trinajstić information content (AvgIpc) is 2.73. The van der Waals surface area contributed by atoms with E-state index in [0.717, 1.165) is 17.7 Å². The van der Waals surface area contributed by atoms with E-state index in [1.54, 1.807) is 24.3 Å². The van der Waals surface area contributed by atoms with E-state index < -0.39 is 11.8 Å². The summed E-state index contributed by atoms with van der Waals surface area (Å²) in [5.74, 6) is -1.20. The van der Waals surface area contributed by atoms with Crippen LogP contribution in [0.15, 0.2) is 24.3 Å². The molecule has 1 aliphatic heterocycles. The Bertz CT molecular complexity index is 521. The maximum atomic E-state index is 12.1. The number of rotatable bonds is 7. The van der Waals surface area contributed by atoms with Gasteiger partial charge in [-0.3, -0.25) is 19.3 Å². The first-order valence-corrected chi connectivity index (χ1v) is 6.98. The normalized spacial score (nSPS) is 13.5. The van der Waals surface area contributed by atoms with Gasteiger partial charge in [0.1, 0.15) is 6.54 Å². The third-order valence-corrected chi connectivity index (χ3v) is 3.34. The smallest absolute Gasteiger partial charge is 0.262 e. The van der Waals surface area contributed by atoms with Crippen LogP contribution in [-0.2, 0) is 4.79 Å². The van der Waals surface area contributed by atoms with E-state index in [0.29, 0.717) is 24.1 Å². The van der Waals surface area contributed by atoms with E-state index in [-0.39, 0.29) is 19.1 Å². The third kappa shape index (κ3) is 3.46. The van der Waals surface area contributed by atoms with Gasteiger partial charge < -0.3 is 10.4 Å². The number of amides is 3. The molecule has 0 spiro atoms. The molecule has 0 saturated carbocycles. The Kier molecular flexibility index (Phi) is 5.05. The molecule has 112 valence electrons. The highest BCUT2D eigenvalue weighted by atomic mass is 16.3. The summed E-state index contributed by atoms with van der Waals surface area (Å²) in [6, 6.07) is 6.55. The summed E-state index contributed by atoms with van der Waals surface area (Å²) in [6.07, 6.45) is 2.28. The van der Waals surface area contributed by atoms with Crippen LogP contribution in [-0.4, -0.2) is 47.4 Å². The minimum Gasteiger partial charge on any atom is -0.396 e. The van der Waals surface area contributed by atoms with Crippen molar-refractivity contribution in [3.05, 3.63) is 35.4 Å². The maximum Gasteiger partial charge on any atom is 0.262 e. The van der Waals surface area contributed by atoms with Gasteiger partial charge in [-0.2, -0.15) is 0 Å². The van der Waals surface area contributed by atoms with Crippen LogP contribution < -0.4 is 5.32 Å². The number of nitrogens with zero attached hydrogens (tertiary/aromatic N) is 1. The van der Waals surface area contributed by atoms with Gasteiger partial charge in [-0.1, -0.05) is 12.1 Å². The second kappa shape index (κ2) is 6.99. The Labute approximate surface area is 122 Å². The molecule has 0 saturated heterocycles. The highest BCUT2D eigenvalue weighted by Crippen LogP contribution is 2.21. The number of carbonyl (C=O) groups is 3. The van der Waals surface area contributed by atoms with Gasteiger partial charge in [0.25, 0.3) is 11.8 Å². The number of aliphatic hydroxyl groups excluding tert-OH is 1. The minimum atomic E-state index is -0.425. The van der Waals surface area contributed by atoms with Crippen molar-refractivity contribution in [3.63, 3.8) is 0 Å². The molecule has 0 fully saturated rings. The summed E-state index contributed by atoms with van der Waals surface area (Å²) in [5, 5.41) is 11.3. The number of fused-ring (bicyclic) bond motifs is 1. The lowest BCUT2D eigenvalue weighted by Gasteiger charge is -2.13. The van der Waals surface area contributed by atoms with Crippen LogP contribution in [0, 0.1) is 0 Å². The fraction of sp³-hybridized carbons (Fsp3) is 0.400. The predicted octanol–water partition coefficient (Wildman–Crippen LogP) is 0.561. The minimum absolute atomic E-state index is 0.142. The molecule has 6 heteroatoms. The van der Waals surface area contributed by atoms with Crippen molar-refractivity contribution in [1.29, 1.82) is 0 Å². The van der Waals surface area contributed by atoms with Crippen LogP contribution in [0.3, 0.4) is 0 Å². The number of aliphatic hydroxyl groups is 1. The van der Waals surface area contributed by atoms with E-state index in [9.17, 15) is 14.4 Å². The van der Waals surface area contributed by atoms with Crippen molar-refractivity contribution in [2.75, 3.05) is 19.7 Å². The maximum absolute atomic E-state index is 12.1. The van der Waals surface area contributed by atoms with Gasteiger partial charge in [0.2, 0.25) is 5.91 Å². The number of nitrogens with one attached hydrogen (secondary N) is 1. The second-order valence-corrected chi connectivity index (χ2v) is 4.88. The van der Waals surface area contributed by atoms with Crippen LogP contribution in [0.2, 0.25) is 0 Å². The lowest BCUT2D eigenvalue weighted by Crippen LogP contribution is -2.40. The largest absolute Gasteiger partial charge is 0.396 e. The molecule has 3 amide bonds. The van der Waals surface area contributed by atoms with Gasteiger partial charge >= 0.3 is 0 Å². The molecule has 0 bridgehead atoms. The summed E-state index contributed by atoms with van der Waals surface area (Å²) in [4.78, 5) is 36.8. The fourth-order valence-electron chi connectivity index (χ4n) is 2.22. The number of hydrogen-bond donors (Lipinski definition) is 2. The average molecular weight is 290 g/mol. The highest BCUT2D eigenvalue weighted by molar-refractivity contribution is 6.22. The summed E-state index contributed by atoms with van der Waals surface area (Å²) in [7, 11) is 0. The SMILES string of the molecule is O=C(CN1C(=O)c2ccccc2C1=O)NCCCCCO. The molecule has 6 nitrogen and oxygen atoms in total. The van der Waals surface area contributed by atoms with E-state index >= 15 is 0 Å². The van der Waals surface area contributed by atoms with Crippen molar-refractivity contribution in [2.24, 2.45) is 0 Å². The van der Waals surface area contributed by atoms with Crippen LogP contribution in [0.1, 0.15) is 40.0 Å². The van der Waals surface area contributed by atoms with Crippen LogP contribution >= 0.6 is 0 Å². The fourth-order valence-corrected chi connectivity index (χ4v) is 2.22. The van der Waals surface area contributed by atoms with Gasteiger partial charge in [-0.25, -0.2) is 0 Å². The molecule has 0 aromatic heterocycles. The third-order valence-electron chi connectivity index (χ3n) is 3.34. The number of benzene rings is 1. The monoisotopic (exact) mass is 290 g/mol. The van der Waals surface area contributed by atoms with Crippen molar-refractivity contribution >= 4 is 17.7 Å². The van der Waals surface area contributed by atoms with Crippen molar-refractivity contribution in [3.8, 4) is 0 Å². The molecular formula is C15H18N2O4. The van der Waals surface area contributed by atoms with Crippen LogP contribution in [0.4, 0.5) is 0 Å². The van der Waals surface area contributed by atoms with Gasteiger partial charge in [0, 0.05) is 13.2 Å². The molecule has 0 atom stereocenters. The van der Waals surface area contributed by atoms with Gasteiger partial charge in [-0.15, -0.1) is 0 Å². The zero-order chi connectivity index (χ0) is 15.2. The molecule has 21 heavy (non-hydrogen) atoms. The molecular weight excluding hydrogens is 272 g/mol. The first-order valence-electron chi connectivity index (χ1n) is 6.98. The Morgan fingerprint density at radius 3 is 2.24 bits per heavy atom. The first-order chi connectivity index (χ1) is 10.1. The molecule has 1 heterocycles. The lowest BCUT2D eigenvalue weighted by molar-refractivity contribution is -0.121. The molecule has 2 N–H and O–H groups in total. The van der Waals surface area contributed by atoms with E-state index in [1.807, 2.05) is 0 Å². The highest BCUT2D eigenvalue weighted by Gasteiger charge is 2.35. The first kappa shape index (κ1) is 15.2. The summed E-state index contributed by atoms with van der Waals surface area (Å²) in [6.45, 7) is 0.358. The quantitative estimate of drug-likeness (QED) is 0.567. The Morgan fingerprint density at radius 2 is 1.67 bits per heavy atom. The number of carbonyl (C=O) groups excluding carboxylic acids is 3. The van der Waals surface area contributed by atoms with E-state index in [2.05, 4.69) is 5.32 Å². The molecule has 2 rings (SSSR count). The van der Waals surface area contributed by atoms with Crippen molar-refractivity contribution in [2.45, 2.75) is 19.3 Å². The Hall–Kier alpha value is -2.21. The molecule has 0 unspecified atom stereocenters. The van der Waals surface area contributed by atoms with E-state index in [4.69, 9.17) is 5.11 Å². The summed E-state index contributed by atoms with van der Waals surface area (Å²) in [5.41, 5.74) is 0.691. The molecule has 0 radical (unpaired) electrons. The van der Waals surface area contributed by atoms with Gasteiger partial charge in [-0.05, 0) is 31.4 Å². The lowest BCUT2D eigenvalue weighted by atomic mass is 10.1. The topological polar surface area (TPSA) is 86.7 Å². The standard InChI is InChI=1S/C15H18N2O4/c18-9-5-1-4-8-16-13(19)10-17-14(20)11-6-2-3-7-12(11)15(17)21/h2-3,6-7,18H,1,4-5,8-10H2,(H,16,19). The summed E-state index contributed by atoms with van der Waals surface area (Å²) >= 11 is 0. The summed E-state index contributed by atoms with van der Waals surface area (Å²) < 4.78 is 0. The van der Waals surface area contributed by atoms with Crippen molar-refractivity contribution < 1.29 is 19.5 Å². The number of imide groups is 1. The van der Waals surface area contributed by atoms with Crippen molar-refractivity contribution in [1.82, 2.24) is 10.2 Å². The van der Waals surface area contributed by atoms with Gasteiger partial charge in [0.05, 0.1) is 11.1 Å². The number of unbranched alkanes of at least 4 members (excludes halogenated alkanes) is 2. The zero-order valence-corrected chi connectivity index (χ0v) is 11.7. The predicted molar refractivity (Wildman–Crippen MR) is 75.8 cm³/mol. The van der Waals surface area contributed by atoms with E-state index in [1.165, 1.54) is 0 Å². The molecule has 1 aromatic carbocycles. The molecule has 1 aliphatic rings. The Morgan fingerprint density at radius 1 is 1.05 bits per heavy atom.